The van der Waals surface area contributed by atoms with Gasteiger partial charge in [0.1, 0.15) is 5.75 Å². The van der Waals surface area contributed by atoms with E-state index in [9.17, 15) is 0 Å². The van der Waals surface area contributed by atoms with Gasteiger partial charge < -0.3 is 9.84 Å². The van der Waals surface area contributed by atoms with Crippen LogP contribution in [0.15, 0.2) is 64.8 Å². The van der Waals surface area contributed by atoms with E-state index in [0.29, 0.717) is 6.61 Å². The molecule has 0 aromatic heterocycles. The van der Waals surface area contributed by atoms with Crippen LogP contribution in [-0.2, 0) is 0 Å². The monoisotopic (exact) mass is 326 g/mol. The van der Waals surface area contributed by atoms with Crippen molar-refractivity contribution in [1.82, 2.24) is 0 Å². The Morgan fingerprint density at radius 1 is 0.667 bits per heavy atom. The lowest BCUT2D eigenvalue weighted by molar-refractivity contribution is 0.280. The number of benzene rings is 2. The van der Waals surface area contributed by atoms with E-state index in [1.54, 1.807) is 0 Å². The second-order valence-corrected chi connectivity index (χ2v) is 5.72. The third-order valence-electron chi connectivity index (χ3n) is 3.70. The molecule has 0 saturated carbocycles. The first-order chi connectivity index (χ1) is 11.9. The van der Waals surface area contributed by atoms with Crippen molar-refractivity contribution in [1.29, 1.82) is 0 Å². The molecule has 0 fully saturated rings. The van der Waals surface area contributed by atoms with Gasteiger partial charge in [-0.2, -0.15) is 10.2 Å². The minimum atomic E-state index is 0.310. The summed E-state index contributed by atoms with van der Waals surface area (Å²) in [5.74, 6) is 0.869. The highest BCUT2D eigenvalue weighted by molar-refractivity contribution is 5.42. The highest BCUT2D eigenvalue weighted by atomic mass is 16.5. The van der Waals surface area contributed by atoms with Crippen LogP contribution in [0.2, 0.25) is 0 Å². The number of unbranched alkanes of at least 4 members (excludes halogenated alkanes) is 5. The average Bonchev–Trinajstić information content (AvgIpc) is 2.64. The Labute approximate surface area is 144 Å². The zero-order chi connectivity index (χ0) is 16.9. The minimum Gasteiger partial charge on any atom is -0.494 e. The maximum Gasteiger partial charge on any atom is 0.119 e. The second-order valence-electron chi connectivity index (χ2n) is 5.72. The molecule has 4 nitrogen and oxygen atoms in total. The predicted molar refractivity (Wildman–Crippen MR) is 97.3 cm³/mol. The van der Waals surface area contributed by atoms with Crippen LogP contribution in [0, 0.1) is 0 Å². The van der Waals surface area contributed by atoms with Crippen molar-refractivity contribution < 1.29 is 9.84 Å². The van der Waals surface area contributed by atoms with Crippen molar-refractivity contribution in [3.8, 4) is 5.75 Å². The van der Waals surface area contributed by atoms with Gasteiger partial charge in [-0.25, -0.2) is 0 Å². The first kappa shape index (κ1) is 18.1. The molecule has 0 aliphatic rings. The summed E-state index contributed by atoms with van der Waals surface area (Å²) in [7, 11) is 0. The zero-order valence-corrected chi connectivity index (χ0v) is 14.1. The Balaban J connectivity index is 1.64. The van der Waals surface area contributed by atoms with E-state index in [2.05, 4.69) is 10.2 Å². The highest BCUT2D eigenvalue weighted by Crippen LogP contribution is 2.21. The number of ether oxygens (including phenoxy) is 1. The summed E-state index contributed by atoms with van der Waals surface area (Å²) in [6, 6.07) is 17.4. The summed E-state index contributed by atoms with van der Waals surface area (Å²) in [5, 5.41) is 17.1. The number of aliphatic hydroxyl groups excluding tert-OH is 1. The molecule has 24 heavy (non-hydrogen) atoms. The fourth-order valence-corrected chi connectivity index (χ4v) is 2.33. The van der Waals surface area contributed by atoms with E-state index in [-0.39, 0.29) is 0 Å². The molecule has 0 bridgehead atoms. The van der Waals surface area contributed by atoms with Crippen molar-refractivity contribution in [3.05, 3.63) is 54.6 Å². The van der Waals surface area contributed by atoms with Crippen molar-refractivity contribution in [2.75, 3.05) is 13.2 Å². The van der Waals surface area contributed by atoms with Crippen LogP contribution in [0.1, 0.15) is 38.5 Å². The first-order valence-corrected chi connectivity index (χ1v) is 8.69. The Kier molecular flexibility index (Phi) is 8.58. The van der Waals surface area contributed by atoms with Gasteiger partial charge in [0.2, 0.25) is 0 Å². The molecule has 0 amide bonds. The van der Waals surface area contributed by atoms with Crippen LogP contribution in [-0.4, -0.2) is 18.3 Å². The van der Waals surface area contributed by atoms with Gasteiger partial charge in [-0.15, -0.1) is 0 Å². The van der Waals surface area contributed by atoms with E-state index >= 15 is 0 Å². The van der Waals surface area contributed by atoms with E-state index in [1.807, 2.05) is 54.6 Å². The van der Waals surface area contributed by atoms with Gasteiger partial charge in [-0.05, 0) is 49.2 Å². The third-order valence-corrected chi connectivity index (χ3v) is 3.70. The smallest absolute Gasteiger partial charge is 0.119 e. The van der Waals surface area contributed by atoms with Crippen molar-refractivity contribution in [2.24, 2.45) is 10.2 Å². The second kappa shape index (κ2) is 11.4. The van der Waals surface area contributed by atoms with Crippen LogP contribution in [0.3, 0.4) is 0 Å². The number of aliphatic hydroxyl groups is 1. The third kappa shape index (κ3) is 7.38. The van der Waals surface area contributed by atoms with Gasteiger partial charge in [-0.1, -0.05) is 43.9 Å². The van der Waals surface area contributed by atoms with Gasteiger partial charge in [0.05, 0.1) is 18.0 Å². The predicted octanol–water partition coefficient (Wildman–Crippen LogP) is 5.81. The summed E-state index contributed by atoms with van der Waals surface area (Å²) in [6.45, 7) is 1.05. The maximum absolute atomic E-state index is 8.71. The van der Waals surface area contributed by atoms with E-state index < -0.39 is 0 Å². The molecule has 0 aliphatic carbocycles. The highest BCUT2D eigenvalue weighted by Gasteiger charge is 1.96. The molecule has 2 aromatic rings. The molecule has 0 radical (unpaired) electrons. The van der Waals surface area contributed by atoms with Crippen LogP contribution < -0.4 is 4.74 Å². The lowest BCUT2D eigenvalue weighted by atomic mass is 10.1. The molecule has 2 aromatic carbocycles. The summed E-state index contributed by atoms with van der Waals surface area (Å²) in [5.41, 5.74) is 1.66. The van der Waals surface area contributed by atoms with Crippen LogP contribution in [0.4, 0.5) is 11.4 Å². The lowest BCUT2D eigenvalue weighted by Gasteiger charge is -2.06. The molecule has 0 unspecified atom stereocenters. The normalized spacial score (nSPS) is 11.0. The molecule has 4 heteroatoms. The van der Waals surface area contributed by atoms with Crippen LogP contribution in [0.5, 0.6) is 5.75 Å². The topological polar surface area (TPSA) is 54.2 Å². The molecule has 128 valence electrons. The molecule has 1 N–H and O–H groups in total. The summed E-state index contributed by atoms with van der Waals surface area (Å²) in [6.07, 6.45) is 6.69. The van der Waals surface area contributed by atoms with Gasteiger partial charge in [0.15, 0.2) is 0 Å². The van der Waals surface area contributed by atoms with Crippen molar-refractivity contribution in [2.45, 2.75) is 38.5 Å². The fraction of sp³-hybridized carbons (Fsp3) is 0.400. The summed E-state index contributed by atoms with van der Waals surface area (Å²) in [4.78, 5) is 0. The zero-order valence-electron chi connectivity index (χ0n) is 14.1. The standard InChI is InChI=1S/C20H26N2O2/c23-16-8-3-1-2-4-9-17-24-20-14-12-19(13-15-20)22-21-18-10-6-5-7-11-18/h5-7,10-15,23H,1-4,8-9,16-17H2. The molecular weight excluding hydrogens is 300 g/mol. The number of nitrogens with zero attached hydrogens (tertiary/aromatic N) is 2. The van der Waals surface area contributed by atoms with E-state index in [0.717, 1.165) is 43.0 Å². The van der Waals surface area contributed by atoms with Gasteiger partial charge >= 0.3 is 0 Å². The lowest BCUT2D eigenvalue weighted by Crippen LogP contribution is -1.97. The first-order valence-electron chi connectivity index (χ1n) is 8.69. The quantitative estimate of drug-likeness (QED) is 0.418. The fourth-order valence-electron chi connectivity index (χ4n) is 2.33. The van der Waals surface area contributed by atoms with Crippen LogP contribution >= 0.6 is 0 Å². The summed E-state index contributed by atoms with van der Waals surface area (Å²) < 4.78 is 5.74. The Hall–Kier alpha value is -2.20. The Morgan fingerprint density at radius 3 is 1.92 bits per heavy atom. The van der Waals surface area contributed by atoms with Gasteiger partial charge in [0, 0.05) is 6.61 Å². The summed E-state index contributed by atoms with van der Waals surface area (Å²) >= 11 is 0. The van der Waals surface area contributed by atoms with Gasteiger partial charge in [0.25, 0.3) is 0 Å². The molecular formula is C20H26N2O2. The number of azo groups is 1. The molecule has 2 rings (SSSR count). The number of hydrogen-bond donors (Lipinski definition) is 1. The maximum atomic E-state index is 8.71. The minimum absolute atomic E-state index is 0.310. The van der Waals surface area contributed by atoms with E-state index in [4.69, 9.17) is 9.84 Å². The number of rotatable bonds is 11. The molecule has 0 atom stereocenters. The van der Waals surface area contributed by atoms with Crippen LogP contribution in [0.25, 0.3) is 0 Å². The number of hydrogen-bond acceptors (Lipinski definition) is 4. The van der Waals surface area contributed by atoms with Crippen molar-refractivity contribution in [3.63, 3.8) is 0 Å². The Morgan fingerprint density at radius 2 is 1.25 bits per heavy atom. The van der Waals surface area contributed by atoms with Crippen molar-refractivity contribution >= 4 is 11.4 Å². The SMILES string of the molecule is OCCCCCCCCOc1ccc(N=Nc2ccccc2)cc1. The van der Waals surface area contributed by atoms with E-state index in [1.165, 1.54) is 19.3 Å². The largest absolute Gasteiger partial charge is 0.494 e. The molecule has 0 aliphatic heterocycles. The Bertz CT molecular complexity index is 582. The average molecular weight is 326 g/mol. The molecule has 0 heterocycles. The molecule has 0 spiro atoms. The van der Waals surface area contributed by atoms with Gasteiger partial charge in [-0.3, -0.25) is 0 Å². The molecule has 0 saturated heterocycles.